The molecule has 1 aliphatic heterocycles. The molecule has 1 atom stereocenters. The topological polar surface area (TPSA) is 80.2 Å². The third-order valence-electron chi connectivity index (χ3n) is 5.07. The molecule has 0 spiro atoms. The van der Waals surface area contributed by atoms with Gasteiger partial charge in [0.15, 0.2) is 5.82 Å². The van der Waals surface area contributed by atoms with Gasteiger partial charge in [-0.25, -0.2) is 0 Å². The van der Waals surface area contributed by atoms with Crippen LogP contribution in [0.5, 0.6) is 0 Å². The van der Waals surface area contributed by atoms with Gasteiger partial charge in [0, 0.05) is 19.0 Å². The van der Waals surface area contributed by atoms with E-state index in [2.05, 4.69) is 20.1 Å². The van der Waals surface area contributed by atoms with Gasteiger partial charge in [-0.2, -0.15) is 10.1 Å². The van der Waals surface area contributed by atoms with Crippen molar-refractivity contribution < 1.29 is 9.63 Å². The van der Waals surface area contributed by atoms with Crippen LogP contribution >= 0.6 is 0 Å². The molecule has 0 amide bonds. The zero-order chi connectivity index (χ0) is 17.5. The molecule has 3 aromatic rings. The molecule has 0 saturated heterocycles. The van der Waals surface area contributed by atoms with Gasteiger partial charge in [-0.05, 0) is 24.5 Å². The lowest BCUT2D eigenvalue weighted by Gasteiger charge is -2.26. The van der Waals surface area contributed by atoms with Gasteiger partial charge in [-0.15, -0.1) is 0 Å². The van der Waals surface area contributed by atoms with Crippen LogP contribution in [0.2, 0.25) is 0 Å². The van der Waals surface area contributed by atoms with E-state index in [1.54, 1.807) is 0 Å². The van der Waals surface area contributed by atoms with Gasteiger partial charge in [0.25, 0.3) is 0 Å². The smallest absolute Gasteiger partial charge is 0.229 e. The van der Waals surface area contributed by atoms with Gasteiger partial charge >= 0.3 is 0 Å². The van der Waals surface area contributed by atoms with E-state index < -0.39 is 6.10 Å². The fraction of sp³-hybridized carbons (Fsp3) is 0.421. The van der Waals surface area contributed by atoms with Crippen molar-refractivity contribution >= 4 is 0 Å². The summed E-state index contributed by atoms with van der Waals surface area (Å²) in [6.07, 6.45) is 1.63. The van der Waals surface area contributed by atoms with Crippen molar-refractivity contribution in [1.82, 2.24) is 24.8 Å². The average molecular weight is 351 g/mol. The maximum atomic E-state index is 10.6. The van der Waals surface area contributed by atoms with E-state index in [0.717, 1.165) is 55.4 Å². The Hall–Kier alpha value is -2.51. The average Bonchev–Trinajstić information content (AvgIpc) is 3.27. The minimum atomic E-state index is -0.693. The fourth-order valence-corrected chi connectivity index (χ4v) is 3.45. The molecule has 3 heterocycles. The van der Waals surface area contributed by atoms with E-state index in [-0.39, 0.29) is 0 Å². The van der Waals surface area contributed by atoms with Crippen molar-refractivity contribution in [1.29, 1.82) is 0 Å². The zero-order valence-corrected chi connectivity index (χ0v) is 14.5. The zero-order valence-electron chi connectivity index (χ0n) is 14.5. The van der Waals surface area contributed by atoms with Crippen LogP contribution in [0.4, 0.5) is 0 Å². The number of aromatic nitrogens is 4. The Morgan fingerprint density at radius 3 is 2.85 bits per heavy atom. The van der Waals surface area contributed by atoms with Gasteiger partial charge in [0.2, 0.25) is 5.89 Å². The van der Waals surface area contributed by atoms with Crippen LogP contribution in [0.3, 0.4) is 0 Å². The summed E-state index contributed by atoms with van der Waals surface area (Å²) in [6.45, 7) is 3.12. The predicted octanol–water partition coefficient (Wildman–Crippen LogP) is 2.24. The first kappa shape index (κ1) is 15.7. The normalized spacial score (nSPS) is 18.7. The molecule has 0 unspecified atom stereocenters. The Morgan fingerprint density at radius 2 is 2.04 bits per heavy atom. The van der Waals surface area contributed by atoms with E-state index in [1.165, 1.54) is 0 Å². The summed E-state index contributed by atoms with van der Waals surface area (Å²) in [6, 6.07) is 11.6. The molecule has 26 heavy (non-hydrogen) atoms. The molecular weight excluding hydrogens is 330 g/mol. The second-order valence-electron chi connectivity index (χ2n) is 7.13. The number of hydrogen-bond acceptors (Lipinski definition) is 6. The summed E-state index contributed by atoms with van der Waals surface area (Å²) in [5.41, 5.74) is 2.66. The van der Waals surface area contributed by atoms with Gasteiger partial charge in [0.1, 0.15) is 6.10 Å². The minimum absolute atomic E-state index is 0.487. The molecule has 5 rings (SSSR count). The Labute approximate surface area is 151 Å². The predicted molar refractivity (Wildman–Crippen MR) is 93.1 cm³/mol. The molecule has 134 valence electrons. The van der Waals surface area contributed by atoms with E-state index in [0.29, 0.717) is 18.2 Å². The van der Waals surface area contributed by atoms with Gasteiger partial charge < -0.3 is 9.63 Å². The highest BCUT2D eigenvalue weighted by Gasteiger charge is 2.30. The van der Waals surface area contributed by atoms with Gasteiger partial charge in [0.05, 0.1) is 24.5 Å². The van der Waals surface area contributed by atoms with Crippen LogP contribution in [-0.2, 0) is 19.6 Å². The summed E-state index contributed by atoms with van der Waals surface area (Å²) >= 11 is 0. The monoisotopic (exact) mass is 351 g/mol. The van der Waals surface area contributed by atoms with Crippen LogP contribution in [0.25, 0.3) is 0 Å². The summed E-state index contributed by atoms with van der Waals surface area (Å²) in [5, 5.41) is 19.3. The number of aliphatic hydroxyl groups is 1. The number of fused-ring (bicyclic) bond motifs is 1. The van der Waals surface area contributed by atoms with Crippen LogP contribution in [-0.4, -0.2) is 36.5 Å². The van der Waals surface area contributed by atoms with E-state index in [1.807, 2.05) is 41.1 Å². The molecule has 1 N–H and O–H groups in total. The number of rotatable bonds is 5. The lowest BCUT2D eigenvalue weighted by molar-refractivity contribution is 0.195. The fourth-order valence-electron chi connectivity index (χ4n) is 3.45. The molecule has 1 aliphatic carbocycles. The lowest BCUT2D eigenvalue weighted by Crippen LogP contribution is -2.33. The molecule has 0 bridgehead atoms. The molecule has 7 heteroatoms. The largest absolute Gasteiger partial charge is 0.382 e. The molecule has 7 nitrogen and oxygen atoms in total. The van der Waals surface area contributed by atoms with Crippen LogP contribution in [0.1, 0.15) is 53.5 Å². The SMILES string of the molecule is O[C@@H](c1ccccc1)c1cc2n(n1)CCN(Cc1noc(C3CC3)n1)C2. The minimum Gasteiger partial charge on any atom is -0.382 e. The molecular formula is C19H21N5O2. The Kier molecular flexibility index (Phi) is 3.83. The number of hydrogen-bond donors (Lipinski definition) is 1. The third-order valence-corrected chi connectivity index (χ3v) is 5.07. The van der Waals surface area contributed by atoms with Crippen molar-refractivity contribution in [3.63, 3.8) is 0 Å². The molecule has 0 radical (unpaired) electrons. The van der Waals surface area contributed by atoms with Crippen molar-refractivity contribution in [2.24, 2.45) is 0 Å². The van der Waals surface area contributed by atoms with Crippen LogP contribution < -0.4 is 0 Å². The molecule has 1 fully saturated rings. The highest BCUT2D eigenvalue weighted by Crippen LogP contribution is 2.38. The van der Waals surface area contributed by atoms with Crippen molar-refractivity contribution in [3.8, 4) is 0 Å². The summed E-state index contributed by atoms with van der Waals surface area (Å²) in [4.78, 5) is 6.80. The quantitative estimate of drug-likeness (QED) is 0.759. The Bertz CT molecular complexity index is 900. The van der Waals surface area contributed by atoms with E-state index >= 15 is 0 Å². The number of benzene rings is 1. The Balaban J connectivity index is 1.29. The second kappa shape index (κ2) is 6.34. The maximum absolute atomic E-state index is 10.6. The van der Waals surface area contributed by atoms with Crippen molar-refractivity contribution in [2.45, 2.75) is 44.5 Å². The lowest BCUT2D eigenvalue weighted by atomic mass is 10.1. The highest BCUT2D eigenvalue weighted by molar-refractivity contribution is 5.26. The first-order valence-corrected chi connectivity index (χ1v) is 9.11. The van der Waals surface area contributed by atoms with Crippen LogP contribution in [0, 0.1) is 0 Å². The first-order valence-electron chi connectivity index (χ1n) is 9.11. The van der Waals surface area contributed by atoms with Crippen LogP contribution in [0.15, 0.2) is 40.9 Å². The molecule has 2 aliphatic rings. The highest BCUT2D eigenvalue weighted by atomic mass is 16.5. The van der Waals surface area contributed by atoms with E-state index in [9.17, 15) is 5.11 Å². The summed E-state index contributed by atoms with van der Waals surface area (Å²) < 4.78 is 7.34. The first-order chi connectivity index (χ1) is 12.8. The third kappa shape index (κ3) is 3.04. The number of nitrogens with zero attached hydrogens (tertiary/aromatic N) is 5. The van der Waals surface area contributed by atoms with Gasteiger partial charge in [-0.1, -0.05) is 35.5 Å². The molecule has 1 saturated carbocycles. The molecule has 1 aromatic carbocycles. The molecule has 2 aromatic heterocycles. The van der Waals surface area contributed by atoms with Crippen molar-refractivity contribution in [2.75, 3.05) is 6.54 Å². The van der Waals surface area contributed by atoms with Gasteiger partial charge in [-0.3, -0.25) is 9.58 Å². The standard InChI is InChI=1S/C19H21N5O2/c25-18(13-4-2-1-3-5-13)16-10-15-11-23(8-9-24(15)21-16)12-17-20-19(26-22-17)14-6-7-14/h1-5,10,14,18,25H,6-9,11-12H2/t18-/m0/s1. The number of aliphatic hydroxyl groups excluding tert-OH is 1. The summed E-state index contributed by atoms with van der Waals surface area (Å²) in [7, 11) is 0. The van der Waals surface area contributed by atoms with E-state index in [4.69, 9.17) is 4.52 Å². The Morgan fingerprint density at radius 1 is 1.19 bits per heavy atom. The second-order valence-corrected chi connectivity index (χ2v) is 7.13. The summed E-state index contributed by atoms with van der Waals surface area (Å²) in [5.74, 6) is 2.03. The van der Waals surface area contributed by atoms with Crippen molar-refractivity contribution in [3.05, 3.63) is 65.1 Å². The maximum Gasteiger partial charge on any atom is 0.229 e.